The van der Waals surface area contributed by atoms with E-state index in [9.17, 15) is 5.11 Å². The third kappa shape index (κ3) is 3.61. The number of aromatic hydroxyl groups is 1. The van der Waals surface area contributed by atoms with Gasteiger partial charge in [0, 0.05) is 25.7 Å². The molecule has 0 amide bonds. The van der Waals surface area contributed by atoms with E-state index in [1.165, 1.54) is 5.56 Å². The lowest BCUT2D eigenvalue weighted by atomic mass is 9.99. The molecule has 2 aliphatic rings. The highest BCUT2D eigenvalue weighted by molar-refractivity contribution is 6.14. The van der Waals surface area contributed by atoms with Crippen molar-refractivity contribution < 1.29 is 19.3 Å². The molecule has 27 heavy (non-hydrogen) atoms. The number of nitrogens with zero attached hydrogens (tertiary/aromatic N) is 2. The molecule has 146 valence electrons. The fourth-order valence-corrected chi connectivity index (χ4v) is 4.21. The summed E-state index contributed by atoms with van der Waals surface area (Å²) in [4.78, 5) is 4.64. The minimum Gasteiger partial charge on any atom is -0.494 e. The van der Waals surface area contributed by atoms with Crippen molar-refractivity contribution in [1.82, 2.24) is 4.57 Å². The van der Waals surface area contributed by atoms with E-state index in [2.05, 4.69) is 30.1 Å². The van der Waals surface area contributed by atoms with Crippen LogP contribution in [0.4, 0.5) is 0 Å². The molecule has 1 saturated heterocycles. The van der Waals surface area contributed by atoms with E-state index in [-0.39, 0.29) is 11.9 Å². The van der Waals surface area contributed by atoms with Crippen molar-refractivity contribution in [1.29, 1.82) is 0 Å². The number of fused-ring (bicyclic) bond motifs is 1. The van der Waals surface area contributed by atoms with Gasteiger partial charge >= 0.3 is 0 Å². The number of aliphatic imine (C=N–C) groups is 1. The van der Waals surface area contributed by atoms with Crippen molar-refractivity contribution in [2.24, 2.45) is 10.9 Å². The summed E-state index contributed by atoms with van der Waals surface area (Å²) < 4.78 is 18.5. The summed E-state index contributed by atoms with van der Waals surface area (Å²) in [5.41, 5.74) is 3.93. The average molecular weight is 372 g/mol. The molecule has 1 N–H and O–H groups in total. The fraction of sp³-hybridized carbons (Fsp3) is 0.571. The van der Waals surface area contributed by atoms with Crippen LogP contribution in [0.2, 0.25) is 0 Å². The Morgan fingerprint density at radius 1 is 1.33 bits per heavy atom. The van der Waals surface area contributed by atoms with E-state index >= 15 is 0 Å². The maximum atomic E-state index is 11.1. The second-order valence-electron chi connectivity index (χ2n) is 7.58. The Hall–Kier alpha value is -1.89. The molecule has 0 aliphatic carbocycles. The van der Waals surface area contributed by atoms with Crippen LogP contribution in [0.1, 0.15) is 30.5 Å². The third-order valence-corrected chi connectivity index (χ3v) is 5.41. The van der Waals surface area contributed by atoms with E-state index in [1.807, 2.05) is 4.57 Å². The van der Waals surface area contributed by atoms with E-state index in [1.54, 1.807) is 7.11 Å². The molecule has 2 aliphatic heterocycles. The third-order valence-electron chi connectivity index (χ3n) is 5.41. The van der Waals surface area contributed by atoms with Gasteiger partial charge in [-0.25, -0.2) is 0 Å². The zero-order valence-corrected chi connectivity index (χ0v) is 16.1. The normalized spacial score (nSPS) is 21.6. The molecule has 2 atom stereocenters. The number of methoxy groups -OCH3 is 1. The Labute approximate surface area is 159 Å². The molecule has 6 nitrogen and oxygen atoms in total. The van der Waals surface area contributed by atoms with Gasteiger partial charge in [0.15, 0.2) is 0 Å². The van der Waals surface area contributed by atoms with Crippen LogP contribution in [-0.4, -0.2) is 62.1 Å². The lowest BCUT2D eigenvalue weighted by molar-refractivity contribution is 0.159. The molecule has 1 aromatic carbocycles. The van der Waals surface area contributed by atoms with Gasteiger partial charge in [0.2, 0.25) is 5.88 Å². The molecule has 2 aromatic rings. The number of aromatic nitrogens is 1. The summed E-state index contributed by atoms with van der Waals surface area (Å²) in [6.07, 6.45) is 1.84. The largest absolute Gasteiger partial charge is 0.494 e. The molecular formula is C21H28N2O4. The van der Waals surface area contributed by atoms with Crippen molar-refractivity contribution in [2.75, 3.05) is 46.7 Å². The van der Waals surface area contributed by atoms with Crippen molar-refractivity contribution in [2.45, 2.75) is 25.8 Å². The maximum Gasteiger partial charge on any atom is 0.201 e. The highest BCUT2D eigenvalue weighted by atomic mass is 16.5. The number of hydrogen-bond acceptors (Lipinski definition) is 5. The van der Waals surface area contributed by atoms with Crippen molar-refractivity contribution >= 4 is 16.6 Å². The van der Waals surface area contributed by atoms with E-state index in [0.717, 1.165) is 48.2 Å². The Balaban J connectivity index is 1.81. The molecule has 3 heterocycles. The summed E-state index contributed by atoms with van der Waals surface area (Å²) >= 11 is 0. The molecule has 6 heteroatoms. The minimum atomic E-state index is 0.157. The molecule has 2 unspecified atom stereocenters. The molecular weight excluding hydrogens is 344 g/mol. The Morgan fingerprint density at radius 3 is 2.93 bits per heavy atom. The van der Waals surface area contributed by atoms with Crippen molar-refractivity contribution in [3.63, 3.8) is 0 Å². The highest BCUT2D eigenvalue weighted by Crippen LogP contribution is 2.38. The van der Waals surface area contributed by atoms with E-state index in [0.29, 0.717) is 32.3 Å². The topological polar surface area (TPSA) is 65.2 Å². The van der Waals surface area contributed by atoms with E-state index < -0.39 is 0 Å². The summed E-state index contributed by atoms with van der Waals surface area (Å²) in [7, 11) is 1.74. The first-order chi connectivity index (χ1) is 13.2. The number of hydrogen-bond donors (Lipinski definition) is 1. The predicted molar refractivity (Wildman–Crippen MR) is 105 cm³/mol. The van der Waals surface area contributed by atoms with Gasteiger partial charge < -0.3 is 23.9 Å². The van der Waals surface area contributed by atoms with Crippen LogP contribution in [0.25, 0.3) is 10.9 Å². The van der Waals surface area contributed by atoms with Gasteiger partial charge in [0.1, 0.15) is 0 Å². The number of ether oxygens (including phenoxy) is 3. The highest BCUT2D eigenvalue weighted by Gasteiger charge is 2.28. The molecule has 0 saturated carbocycles. The van der Waals surface area contributed by atoms with Gasteiger partial charge in [0.25, 0.3) is 0 Å². The van der Waals surface area contributed by atoms with Crippen LogP contribution in [0.5, 0.6) is 5.88 Å². The van der Waals surface area contributed by atoms with Gasteiger partial charge in [-0.1, -0.05) is 13.0 Å². The predicted octanol–water partition coefficient (Wildman–Crippen LogP) is 2.95. The van der Waals surface area contributed by atoms with Gasteiger partial charge in [-0.2, -0.15) is 0 Å². The lowest BCUT2D eigenvalue weighted by Crippen LogP contribution is -2.19. The van der Waals surface area contributed by atoms with Gasteiger partial charge in [-0.3, -0.25) is 4.99 Å². The Morgan fingerprint density at radius 2 is 2.22 bits per heavy atom. The SMILES string of the molecule is COCC(C)Cc1ccc2c(c1)c(C1=NCCOC1)c(O)n2C1CCOC1. The summed E-state index contributed by atoms with van der Waals surface area (Å²) in [5.74, 6) is 0.719. The molecule has 0 bridgehead atoms. The van der Waals surface area contributed by atoms with Gasteiger partial charge in [-0.15, -0.1) is 0 Å². The second kappa shape index (κ2) is 8.00. The second-order valence-corrected chi connectivity index (χ2v) is 7.58. The Bertz CT molecular complexity index is 836. The average Bonchev–Trinajstić information content (AvgIpc) is 3.27. The molecule has 0 radical (unpaired) electrons. The lowest BCUT2D eigenvalue weighted by Gasteiger charge is -2.15. The first-order valence-electron chi connectivity index (χ1n) is 9.73. The molecule has 1 fully saturated rings. The van der Waals surface area contributed by atoms with Crippen molar-refractivity contribution in [3.8, 4) is 5.88 Å². The van der Waals surface area contributed by atoms with Crippen molar-refractivity contribution in [3.05, 3.63) is 29.3 Å². The van der Waals surface area contributed by atoms with Gasteiger partial charge in [-0.05, 0) is 36.5 Å². The number of rotatable bonds is 6. The standard InChI is InChI=1S/C21H28N2O4/c1-14(11-25-2)9-15-3-4-19-17(10-15)20(18-13-27-8-6-22-18)21(24)23(19)16-5-7-26-12-16/h3-4,10,14,16,24H,5-9,11-13H2,1-2H3. The van der Waals surface area contributed by atoms with E-state index in [4.69, 9.17) is 14.2 Å². The maximum absolute atomic E-state index is 11.1. The first kappa shape index (κ1) is 18.5. The molecule has 1 aromatic heterocycles. The summed E-state index contributed by atoms with van der Waals surface area (Å²) in [6, 6.07) is 6.63. The van der Waals surface area contributed by atoms with Crippen LogP contribution in [0, 0.1) is 5.92 Å². The zero-order chi connectivity index (χ0) is 18.8. The smallest absolute Gasteiger partial charge is 0.201 e. The van der Waals surface area contributed by atoms with Crippen LogP contribution in [0.3, 0.4) is 0 Å². The zero-order valence-electron chi connectivity index (χ0n) is 16.1. The van der Waals surface area contributed by atoms with Crippen LogP contribution < -0.4 is 0 Å². The fourth-order valence-electron chi connectivity index (χ4n) is 4.21. The minimum absolute atomic E-state index is 0.157. The first-order valence-corrected chi connectivity index (χ1v) is 9.73. The Kier molecular flexibility index (Phi) is 5.48. The van der Waals surface area contributed by atoms with Crippen LogP contribution in [0.15, 0.2) is 23.2 Å². The number of benzene rings is 1. The molecule has 4 rings (SSSR count). The quantitative estimate of drug-likeness (QED) is 0.847. The van der Waals surface area contributed by atoms with Gasteiger partial charge in [0.05, 0.1) is 49.2 Å². The summed E-state index contributed by atoms with van der Waals surface area (Å²) in [5, 5.41) is 12.2. The van der Waals surface area contributed by atoms with Crippen LogP contribution in [-0.2, 0) is 20.6 Å². The summed E-state index contributed by atoms with van der Waals surface area (Å²) in [6.45, 7) is 6.00. The van der Waals surface area contributed by atoms with Crippen LogP contribution >= 0.6 is 0 Å². The monoisotopic (exact) mass is 372 g/mol. The molecule has 0 spiro atoms.